The Kier molecular flexibility index (Phi) is 7.00. The quantitative estimate of drug-likeness (QED) is 0.524. The van der Waals surface area contributed by atoms with Gasteiger partial charge in [0.25, 0.3) is 0 Å². The van der Waals surface area contributed by atoms with Crippen molar-refractivity contribution in [3.05, 3.63) is 71.5 Å². The first-order valence-electron chi connectivity index (χ1n) is 8.85. The Morgan fingerprint density at radius 1 is 1.11 bits per heavy atom. The fourth-order valence-electron chi connectivity index (χ4n) is 2.47. The fraction of sp³-hybridized carbons (Fsp3) is 0.250. The van der Waals surface area contributed by atoms with Gasteiger partial charge in [-0.3, -0.25) is 4.79 Å². The Labute approximate surface area is 171 Å². The maximum absolute atomic E-state index is 12.9. The van der Waals surface area contributed by atoms with Gasteiger partial charge >= 0.3 is 0 Å². The van der Waals surface area contributed by atoms with Crippen molar-refractivity contribution < 1.29 is 9.18 Å². The lowest BCUT2D eigenvalue weighted by Crippen LogP contribution is -2.33. The molecular weight excluding hydrogens is 395 g/mol. The molecule has 2 aromatic carbocycles. The highest BCUT2D eigenvalue weighted by molar-refractivity contribution is 8.02. The average molecular weight is 417 g/mol. The maximum atomic E-state index is 12.9. The summed E-state index contributed by atoms with van der Waals surface area (Å²) in [7, 11) is 0. The molecule has 5 nitrogen and oxygen atoms in total. The highest BCUT2D eigenvalue weighted by Gasteiger charge is 2.19. The first-order valence-corrected chi connectivity index (χ1v) is 10.5. The van der Waals surface area contributed by atoms with E-state index in [4.69, 9.17) is 0 Å². The third kappa shape index (κ3) is 5.77. The first kappa shape index (κ1) is 20.3. The van der Waals surface area contributed by atoms with Crippen LogP contribution in [0, 0.1) is 5.82 Å². The molecule has 146 valence electrons. The van der Waals surface area contributed by atoms with Gasteiger partial charge < -0.3 is 10.6 Å². The minimum Gasteiger partial charge on any atom is -0.356 e. The zero-order chi connectivity index (χ0) is 19.9. The van der Waals surface area contributed by atoms with Crippen molar-refractivity contribution in [2.75, 3.05) is 5.32 Å². The number of benzene rings is 2. The van der Waals surface area contributed by atoms with Crippen LogP contribution < -0.4 is 10.6 Å². The molecule has 0 radical (unpaired) electrons. The number of aromatic nitrogens is 2. The van der Waals surface area contributed by atoms with Crippen molar-refractivity contribution >= 4 is 34.1 Å². The molecule has 0 aliphatic carbocycles. The number of rotatable bonds is 8. The molecule has 28 heavy (non-hydrogen) atoms. The number of hydrogen-bond acceptors (Lipinski definition) is 6. The number of carbonyl (C=O) groups excluding carboxylic acids is 1. The summed E-state index contributed by atoms with van der Waals surface area (Å²) in [5, 5.41) is 14.8. The molecular formula is C20H21FN4OS2. The third-order valence-corrected chi connectivity index (χ3v) is 6.13. The molecule has 0 aliphatic rings. The van der Waals surface area contributed by atoms with Crippen molar-refractivity contribution in [3.63, 3.8) is 0 Å². The van der Waals surface area contributed by atoms with Crippen LogP contribution in [0.5, 0.6) is 0 Å². The normalized spacial score (nSPS) is 13.0. The zero-order valence-corrected chi connectivity index (χ0v) is 17.2. The molecule has 0 spiro atoms. The highest BCUT2D eigenvalue weighted by Crippen LogP contribution is 2.29. The molecule has 1 heterocycles. The van der Waals surface area contributed by atoms with E-state index in [1.807, 2.05) is 44.2 Å². The second-order valence-corrected chi connectivity index (χ2v) is 8.82. The van der Waals surface area contributed by atoms with Crippen LogP contribution in [0.4, 0.5) is 9.52 Å². The predicted octanol–water partition coefficient (Wildman–Crippen LogP) is 4.65. The van der Waals surface area contributed by atoms with E-state index in [-0.39, 0.29) is 23.0 Å². The van der Waals surface area contributed by atoms with E-state index in [1.165, 1.54) is 35.2 Å². The molecule has 0 aliphatic heterocycles. The van der Waals surface area contributed by atoms with Gasteiger partial charge in [0.05, 0.1) is 11.3 Å². The predicted molar refractivity (Wildman–Crippen MR) is 112 cm³/mol. The largest absolute Gasteiger partial charge is 0.356 e. The van der Waals surface area contributed by atoms with Crippen LogP contribution in [0.25, 0.3) is 0 Å². The average Bonchev–Trinajstić information content (AvgIpc) is 3.15. The van der Waals surface area contributed by atoms with Gasteiger partial charge in [-0.05, 0) is 37.1 Å². The first-order chi connectivity index (χ1) is 13.5. The number of nitrogens with one attached hydrogen (secondary N) is 2. The van der Waals surface area contributed by atoms with Gasteiger partial charge in [0.1, 0.15) is 5.82 Å². The molecule has 0 saturated carbocycles. The van der Waals surface area contributed by atoms with Crippen molar-refractivity contribution in [1.82, 2.24) is 15.5 Å². The van der Waals surface area contributed by atoms with Crippen LogP contribution in [0.3, 0.4) is 0 Å². The second-order valence-electron chi connectivity index (χ2n) is 6.25. The highest BCUT2D eigenvalue weighted by atomic mass is 32.2. The van der Waals surface area contributed by atoms with E-state index in [0.717, 1.165) is 15.5 Å². The van der Waals surface area contributed by atoms with Crippen molar-refractivity contribution in [1.29, 1.82) is 0 Å². The summed E-state index contributed by atoms with van der Waals surface area (Å²) in [6.07, 6.45) is 0. The van der Waals surface area contributed by atoms with E-state index in [0.29, 0.717) is 11.7 Å². The molecule has 2 unspecified atom stereocenters. The number of halogens is 1. The van der Waals surface area contributed by atoms with Crippen LogP contribution in [-0.4, -0.2) is 21.4 Å². The van der Waals surface area contributed by atoms with Crippen LogP contribution >= 0.6 is 23.1 Å². The molecule has 0 saturated heterocycles. The molecule has 1 amide bonds. The minimum absolute atomic E-state index is 0.0441. The number of hydrogen-bond donors (Lipinski definition) is 2. The van der Waals surface area contributed by atoms with Crippen LogP contribution in [-0.2, 0) is 11.3 Å². The Morgan fingerprint density at radius 3 is 2.54 bits per heavy atom. The third-order valence-electron chi connectivity index (χ3n) is 4.07. The van der Waals surface area contributed by atoms with E-state index in [2.05, 4.69) is 20.8 Å². The van der Waals surface area contributed by atoms with Crippen LogP contribution in [0.2, 0.25) is 0 Å². The van der Waals surface area contributed by atoms with E-state index in [1.54, 1.807) is 12.1 Å². The second kappa shape index (κ2) is 9.66. The SMILES string of the molecule is CC(Sc1nnc(NCc2ccc(F)cc2)s1)C(=O)NC(C)c1ccccc1. The standard InChI is InChI=1S/C20H21FN4OS2/c1-13(16-6-4-3-5-7-16)23-18(26)14(2)27-20-25-24-19(28-20)22-12-15-8-10-17(21)11-9-15/h3-11,13-14H,12H2,1-2H3,(H,22,24)(H,23,26). The summed E-state index contributed by atoms with van der Waals surface area (Å²) in [4.78, 5) is 12.5. The number of thioether (sulfide) groups is 1. The molecule has 2 N–H and O–H groups in total. The lowest BCUT2D eigenvalue weighted by atomic mass is 10.1. The van der Waals surface area contributed by atoms with E-state index < -0.39 is 0 Å². The topological polar surface area (TPSA) is 66.9 Å². The summed E-state index contributed by atoms with van der Waals surface area (Å²) >= 11 is 2.77. The lowest BCUT2D eigenvalue weighted by molar-refractivity contribution is -0.120. The van der Waals surface area contributed by atoms with Gasteiger partial charge in [-0.25, -0.2) is 4.39 Å². The number of amides is 1. The molecule has 8 heteroatoms. The number of carbonyl (C=O) groups is 1. The van der Waals surface area contributed by atoms with Crippen LogP contribution in [0.15, 0.2) is 58.9 Å². The Morgan fingerprint density at radius 2 is 1.82 bits per heavy atom. The van der Waals surface area contributed by atoms with Gasteiger partial charge in [0.2, 0.25) is 11.0 Å². The zero-order valence-electron chi connectivity index (χ0n) is 15.6. The minimum atomic E-state index is -0.288. The van der Waals surface area contributed by atoms with Crippen molar-refractivity contribution in [3.8, 4) is 0 Å². The summed E-state index contributed by atoms with van der Waals surface area (Å²) in [6.45, 7) is 4.35. The molecule has 3 aromatic rings. The van der Waals surface area contributed by atoms with E-state index >= 15 is 0 Å². The number of anilines is 1. The van der Waals surface area contributed by atoms with Gasteiger partial charge in [0.15, 0.2) is 4.34 Å². The molecule has 1 aromatic heterocycles. The van der Waals surface area contributed by atoms with Crippen molar-refractivity contribution in [2.45, 2.75) is 36.0 Å². The maximum Gasteiger partial charge on any atom is 0.233 e. The van der Waals surface area contributed by atoms with Gasteiger partial charge in [-0.15, -0.1) is 10.2 Å². The Hall–Kier alpha value is -2.45. The fourth-order valence-corrected chi connectivity index (χ4v) is 4.37. The smallest absolute Gasteiger partial charge is 0.233 e. The van der Waals surface area contributed by atoms with Crippen LogP contribution in [0.1, 0.15) is 31.0 Å². The summed E-state index contributed by atoms with van der Waals surface area (Å²) < 4.78 is 13.7. The molecule has 2 atom stereocenters. The van der Waals surface area contributed by atoms with Gasteiger partial charge in [0, 0.05) is 6.54 Å². The van der Waals surface area contributed by atoms with Gasteiger partial charge in [-0.1, -0.05) is 65.6 Å². The molecule has 0 bridgehead atoms. The van der Waals surface area contributed by atoms with Crippen molar-refractivity contribution in [2.24, 2.45) is 0 Å². The van der Waals surface area contributed by atoms with E-state index in [9.17, 15) is 9.18 Å². The number of nitrogens with zero attached hydrogens (tertiary/aromatic N) is 2. The Balaban J connectivity index is 1.49. The monoisotopic (exact) mass is 416 g/mol. The molecule has 3 rings (SSSR count). The summed E-state index contributed by atoms with van der Waals surface area (Å²) in [6, 6.07) is 16.1. The summed E-state index contributed by atoms with van der Waals surface area (Å²) in [5.41, 5.74) is 2.02. The lowest BCUT2D eigenvalue weighted by Gasteiger charge is -2.17. The van der Waals surface area contributed by atoms with Gasteiger partial charge in [-0.2, -0.15) is 0 Å². The Bertz CT molecular complexity index is 902. The summed E-state index contributed by atoms with van der Waals surface area (Å²) in [5.74, 6) is -0.301. The molecule has 0 fully saturated rings.